The maximum absolute atomic E-state index is 5.47. The molecule has 0 aliphatic rings. The van der Waals surface area contributed by atoms with E-state index in [9.17, 15) is 0 Å². The molecule has 0 bridgehead atoms. The molecule has 6 nitrogen and oxygen atoms in total. The Morgan fingerprint density at radius 3 is 2.03 bits per heavy atom. The molecule has 0 atom stereocenters. The zero-order valence-electron chi connectivity index (χ0n) is 17.3. The molecular weight excluding hydrogens is 418 g/mol. The first-order chi connectivity index (χ1) is 15.8. The van der Waals surface area contributed by atoms with Gasteiger partial charge in [0, 0.05) is 18.5 Å². The molecule has 0 amide bonds. The quantitative estimate of drug-likeness (QED) is 0.312. The zero-order chi connectivity index (χ0) is 21.6. The Kier molecular flexibility index (Phi) is 6.07. The number of rotatable bonds is 8. The number of aromatic nitrogens is 5. The first kappa shape index (κ1) is 20.2. The second kappa shape index (κ2) is 9.62. The number of thioether (sulfide) groups is 1. The van der Waals surface area contributed by atoms with Gasteiger partial charge in [0.05, 0.1) is 5.75 Å². The average molecular weight is 440 g/mol. The van der Waals surface area contributed by atoms with Crippen LogP contribution in [0.4, 0.5) is 0 Å². The van der Waals surface area contributed by atoms with Gasteiger partial charge in [-0.15, -0.1) is 10.2 Å². The van der Waals surface area contributed by atoms with Crippen LogP contribution in [0.25, 0.3) is 5.69 Å². The molecular formula is C25H21N5OS. The summed E-state index contributed by atoms with van der Waals surface area (Å²) in [6, 6.07) is 30.6. The summed E-state index contributed by atoms with van der Waals surface area (Å²) in [4.78, 5) is 4.54. The topological polar surface area (TPSA) is 69.6 Å². The Labute approximate surface area is 190 Å². The van der Waals surface area contributed by atoms with E-state index in [1.807, 2.05) is 54.6 Å². The maximum Gasteiger partial charge on any atom is 0.237 e. The van der Waals surface area contributed by atoms with Crippen LogP contribution in [0.1, 0.15) is 28.7 Å². The Hall–Kier alpha value is -3.71. The molecule has 158 valence electrons. The number of nitrogens with zero attached hydrogens (tertiary/aromatic N) is 5. The predicted molar refractivity (Wildman–Crippen MR) is 124 cm³/mol. The second-order valence-corrected chi connectivity index (χ2v) is 8.23. The normalized spacial score (nSPS) is 11.0. The molecule has 32 heavy (non-hydrogen) atoms. The van der Waals surface area contributed by atoms with E-state index in [-0.39, 0.29) is 0 Å². The standard InChI is InChI=1S/C25H21N5OS/c1-4-10-19(11-5-1)16-22-26-24(31-29-22)18-32-25-28-27-23(17-20-12-6-2-7-13-20)30(25)21-14-8-3-9-15-21/h1-15H,16-18H2. The van der Waals surface area contributed by atoms with Gasteiger partial charge in [0.1, 0.15) is 5.82 Å². The molecule has 0 saturated heterocycles. The van der Waals surface area contributed by atoms with Gasteiger partial charge in [-0.05, 0) is 23.3 Å². The van der Waals surface area contributed by atoms with Crippen LogP contribution in [0, 0.1) is 0 Å². The van der Waals surface area contributed by atoms with Crippen LogP contribution in [0.2, 0.25) is 0 Å². The third-order valence-electron chi connectivity index (χ3n) is 4.96. The first-order valence-corrected chi connectivity index (χ1v) is 11.4. The fourth-order valence-corrected chi connectivity index (χ4v) is 4.26. The Balaban J connectivity index is 1.35. The van der Waals surface area contributed by atoms with Crippen molar-refractivity contribution in [2.45, 2.75) is 23.8 Å². The van der Waals surface area contributed by atoms with Crippen molar-refractivity contribution in [3.63, 3.8) is 0 Å². The van der Waals surface area contributed by atoms with E-state index in [0.717, 1.165) is 22.2 Å². The second-order valence-electron chi connectivity index (χ2n) is 7.29. The van der Waals surface area contributed by atoms with Gasteiger partial charge in [0.2, 0.25) is 5.89 Å². The lowest BCUT2D eigenvalue weighted by atomic mass is 10.1. The van der Waals surface area contributed by atoms with Crippen LogP contribution in [0.15, 0.2) is 101 Å². The summed E-state index contributed by atoms with van der Waals surface area (Å²) < 4.78 is 7.56. The molecule has 0 fully saturated rings. The van der Waals surface area contributed by atoms with Gasteiger partial charge < -0.3 is 4.52 Å². The summed E-state index contributed by atoms with van der Waals surface area (Å²) >= 11 is 1.54. The number of para-hydroxylation sites is 1. The van der Waals surface area contributed by atoms with Gasteiger partial charge >= 0.3 is 0 Å². The van der Waals surface area contributed by atoms with Crippen molar-refractivity contribution in [2.24, 2.45) is 0 Å². The SMILES string of the molecule is c1ccc(Cc2noc(CSc3nnc(Cc4ccccc4)n3-c3ccccc3)n2)cc1. The average Bonchev–Trinajstić information content (AvgIpc) is 3.46. The molecule has 2 heterocycles. The highest BCUT2D eigenvalue weighted by atomic mass is 32.2. The summed E-state index contributed by atoms with van der Waals surface area (Å²) in [5.74, 6) is 2.67. The van der Waals surface area contributed by atoms with Crippen molar-refractivity contribution >= 4 is 11.8 Å². The highest BCUT2D eigenvalue weighted by Gasteiger charge is 2.16. The fourth-order valence-electron chi connectivity index (χ4n) is 3.45. The molecule has 7 heteroatoms. The van der Waals surface area contributed by atoms with E-state index in [1.54, 1.807) is 0 Å². The van der Waals surface area contributed by atoms with Crippen molar-refractivity contribution in [2.75, 3.05) is 0 Å². The molecule has 0 aliphatic heterocycles. The van der Waals surface area contributed by atoms with Crippen molar-refractivity contribution in [1.29, 1.82) is 0 Å². The monoisotopic (exact) mass is 439 g/mol. The Bertz CT molecular complexity index is 1270. The van der Waals surface area contributed by atoms with Gasteiger partial charge in [-0.1, -0.05) is 95.8 Å². The molecule has 0 unspecified atom stereocenters. The van der Waals surface area contributed by atoms with Crippen LogP contribution in [-0.4, -0.2) is 24.9 Å². The number of hydrogen-bond acceptors (Lipinski definition) is 6. The minimum absolute atomic E-state index is 0.526. The minimum atomic E-state index is 0.526. The van der Waals surface area contributed by atoms with Crippen LogP contribution in [0.3, 0.4) is 0 Å². The van der Waals surface area contributed by atoms with E-state index in [2.05, 4.69) is 61.3 Å². The molecule has 0 radical (unpaired) electrons. The van der Waals surface area contributed by atoms with Crippen molar-refractivity contribution in [1.82, 2.24) is 24.9 Å². The van der Waals surface area contributed by atoms with Gasteiger partial charge in [0.25, 0.3) is 0 Å². The summed E-state index contributed by atoms with van der Waals surface area (Å²) in [6.07, 6.45) is 1.35. The van der Waals surface area contributed by atoms with Crippen LogP contribution >= 0.6 is 11.8 Å². The molecule has 0 spiro atoms. The lowest BCUT2D eigenvalue weighted by Crippen LogP contribution is -2.03. The van der Waals surface area contributed by atoms with Crippen LogP contribution in [0.5, 0.6) is 0 Å². The molecule has 5 rings (SSSR count). The largest absolute Gasteiger partial charge is 0.338 e. The Morgan fingerprint density at radius 1 is 0.719 bits per heavy atom. The van der Waals surface area contributed by atoms with Crippen LogP contribution < -0.4 is 0 Å². The van der Waals surface area contributed by atoms with E-state index in [0.29, 0.717) is 30.3 Å². The minimum Gasteiger partial charge on any atom is -0.338 e. The van der Waals surface area contributed by atoms with E-state index in [1.165, 1.54) is 17.3 Å². The smallest absolute Gasteiger partial charge is 0.237 e. The summed E-state index contributed by atoms with van der Waals surface area (Å²) in [6.45, 7) is 0. The fraction of sp³-hybridized carbons (Fsp3) is 0.120. The lowest BCUT2D eigenvalue weighted by Gasteiger charge is -2.09. The van der Waals surface area contributed by atoms with Gasteiger partial charge in [0.15, 0.2) is 11.0 Å². The zero-order valence-corrected chi connectivity index (χ0v) is 18.2. The number of benzene rings is 3. The predicted octanol–water partition coefficient (Wildman–Crippen LogP) is 5.12. The van der Waals surface area contributed by atoms with E-state index < -0.39 is 0 Å². The lowest BCUT2D eigenvalue weighted by molar-refractivity contribution is 0.385. The van der Waals surface area contributed by atoms with Gasteiger partial charge in [-0.2, -0.15) is 4.98 Å². The third-order valence-corrected chi connectivity index (χ3v) is 5.87. The van der Waals surface area contributed by atoms with Gasteiger partial charge in [-0.25, -0.2) is 0 Å². The third kappa shape index (κ3) is 4.78. The first-order valence-electron chi connectivity index (χ1n) is 10.4. The highest BCUT2D eigenvalue weighted by Crippen LogP contribution is 2.26. The summed E-state index contributed by atoms with van der Waals surface area (Å²) in [7, 11) is 0. The highest BCUT2D eigenvalue weighted by molar-refractivity contribution is 7.98. The molecule has 5 aromatic rings. The molecule has 0 aliphatic carbocycles. The van der Waals surface area contributed by atoms with Gasteiger partial charge in [-0.3, -0.25) is 4.57 Å². The van der Waals surface area contributed by atoms with Crippen molar-refractivity contribution < 1.29 is 4.52 Å². The Morgan fingerprint density at radius 2 is 1.34 bits per heavy atom. The number of hydrogen-bond donors (Lipinski definition) is 0. The van der Waals surface area contributed by atoms with Crippen molar-refractivity contribution in [3.8, 4) is 5.69 Å². The molecule has 0 N–H and O–H groups in total. The van der Waals surface area contributed by atoms with E-state index in [4.69, 9.17) is 4.52 Å². The summed E-state index contributed by atoms with van der Waals surface area (Å²) in [5, 5.41) is 13.9. The van der Waals surface area contributed by atoms with E-state index >= 15 is 0 Å². The van der Waals surface area contributed by atoms with Crippen LogP contribution in [-0.2, 0) is 18.6 Å². The summed E-state index contributed by atoms with van der Waals surface area (Å²) in [5.41, 5.74) is 3.37. The van der Waals surface area contributed by atoms with Crippen molar-refractivity contribution in [3.05, 3.63) is 120 Å². The maximum atomic E-state index is 5.47. The molecule has 3 aromatic carbocycles. The molecule has 2 aromatic heterocycles. The molecule has 0 saturated carbocycles.